The van der Waals surface area contributed by atoms with Gasteiger partial charge in [-0.25, -0.2) is 0 Å². The highest BCUT2D eigenvalue weighted by Gasteiger charge is 2.12. The maximum Gasteiger partial charge on any atom is 0.253 e. The van der Waals surface area contributed by atoms with E-state index in [0.717, 1.165) is 6.42 Å². The Hall–Kier alpha value is -1.54. The van der Waals surface area contributed by atoms with Crippen LogP contribution in [0.15, 0.2) is 18.2 Å². The molecule has 0 spiro atoms. The Labute approximate surface area is 124 Å². The smallest absolute Gasteiger partial charge is 0.253 e. The Morgan fingerprint density at radius 1 is 1.50 bits per heavy atom. The van der Waals surface area contributed by atoms with Crippen molar-refractivity contribution in [3.8, 4) is 11.8 Å². The second kappa shape index (κ2) is 8.60. The predicted octanol–water partition coefficient (Wildman–Crippen LogP) is 1.76. The van der Waals surface area contributed by atoms with E-state index in [1.54, 1.807) is 37.3 Å². The van der Waals surface area contributed by atoms with Crippen molar-refractivity contribution in [3.05, 3.63) is 34.3 Å². The van der Waals surface area contributed by atoms with Gasteiger partial charge in [0, 0.05) is 38.4 Å². The molecule has 108 valence electrons. The fourth-order valence-electron chi connectivity index (χ4n) is 1.66. The first kappa shape index (κ1) is 16.5. The van der Waals surface area contributed by atoms with Crippen molar-refractivity contribution in [2.45, 2.75) is 6.42 Å². The third-order valence-electron chi connectivity index (χ3n) is 2.73. The molecule has 1 amide bonds. The summed E-state index contributed by atoms with van der Waals surface area (Å²) in [5.74, 6) is 5.53. The van der Waals surface area contributed by atoms with Crippen LogP contribution in [0.25, 0.3) is 0 Å². The van der Waals surface area contributed by atoms with Gasteiger partial charge in [-0.3, -0.25) is 4.79 Å². The van der Waals surface area contributed by atoms with Gasteiger partial charge in [-0.1, -0.05) is 23.4 Å². The predicted molar refractivity (Wildman–Crippen MR) is 80.8 cm³/mol. The number of benzene rings is 1. The Morgan fingerprint density at radius 3 is 2.85 bits per heavy atom. The number of amides is 1. The van der Waals surface area contributed by atoms with E-state index in [2.05, 4.69) is 11.8 Å². The van der Waals surface area contributed by atoms with Gasteiger partial charge < -0.3 is 15.4 Å². The molecule has 4 nitrogen and oxygen atoms in total. The van der Waals surface area contributed by atoms with E-state index in [4.69, 9.17) is 22.1 Å². The molecule has 0 radical (unpaired) electrons. The summed E-state index contributed by atoms with van der Waals surface area (Å²) in [7, 11) is 3.40. The number of halogens is 1. The highest BCUT2D eigenvalue weighted by Crippen LogP contribution is 2.18. The molecule has 0 aromatic heterocycles. The Balaban J connectivity index is 2.76. The van der Waals surface area contributed by atoms with E-state index in [-0.39, 0.29) is 12.5 Å². The average molecular weight is 295 g/mol. The molecule has 0 aliphatic rings. The molecule has 0 aliphatic carbocycles. The largest absolute Gasteiger partial charge is 0.385 e. The SMILES string of the molecule is COCCCN(C)C(=O)c1ccc(C#CCN)c(Cl)c1. The van der Waals surface area contributed by atoms with E-state index < -0.39 is 0 Å². The lowest BCUT2D eigenvalue weighted by molar-refractivity contribution is 0.0779. The maximum atomic E-state index is 12.2. The fraction of sp³-hybridized carbons (Fsp3) is 0.400. The van der Waals surface area contributed by atoms with Crippen LogP contribution < -0.4 is 5.73 Å². The van der Waals surface area contributed by atoms with Gasteiger partial charge in [0.2, 0.25) is 0 Å². The lowest BCUT2D eigenvalue weighted by Gasteiger charge is -2.17. The molecule has 20 heavy (non-hydrogen) atoms. The summed E-state index contributed by atoms with van der Waals surface area (Å²) in [6.07, 6.45) is 0.798. The van der Waals surface area contributed by atoms with Gasteiger partial charge in [-0.05, 0) is 24.6 Å². The summed E-state index contributed by atoms with van der Waals surface area (Å²) in [4.78, 5) is 13.8. The van der Waals surface area contributed by atoms with Gasteiger partial charge in [-0.2, -0.15) is 0 Å². The summed E-state index contributed by atoms with van der Waals surface area (Å²) >= 11 is 6.11. The normalized spacial score (nSPS) is 9.80. The van der Waals surface area contributed by atoms with Crippen LogP contribution in [-0.4, -0.2) is 44.7 Å². The molecule has 0 bridgehead atoms. The van der Waals surface area contributed by atoms with Crippen molar-refractivity contribution < 1.29 is 9.53 Å². The topological polar surface area (TPSA) is 55.6 Å². The molecular weight excluding hydrogens is 276 g/mol. The minimum Gasteiger partial charge on any atom is -0.385 e. The molecule has 1 aromatic rings. The second-order valence-electron chi connectivity index (χ2n) is 4.27. The number of hydrogen-bond acceptors (Lipinski definition) is 3. The molecule has 1 rings (SSSR count). The number of ether oxygens (including phenoxy) is 1. The molecule has 0 saturated heterocycles. The first-order valence-corrected chi connectivity index (χ1v) is 6.70. The molecule has 0 atom stereocenters. The van der Waals surface area contributed by atoms with Crippen molar-refractivity contribution in [1.29, 1.82) is 0 Å². The fourth-order valence-corrected chi connectivity index (χ4v) is 1.89. The second-order valence-corrected chi connectivity index (χ2v) is 4.68. The van der Waals surface area contributed by atoms with Crippen LogP contribution in [0.4, 0.5) is 0 Å². The van der Waals surface area contributed by atoms with Gasteiger partial charge in [-0.15, -0.1) is 0 Å². The molecule has 1 aromatic carbocycles. The standard InChI is InChI=1S/C15H19ClN2O2/c1-18(9-4-10-20-2)15(19)13-7-6-12(5-3-8-17)14(16)11-13/h6-7,11H,4,8-10,17H2,1-2H3. The number of hydrogen-bond donors (Lipinski definition) is 1. The van der Waals surface area contributed by atoms with Gasteiger partial charge in [0.15, 0.2) is 0 Å². The summed E-state index contributed by atoms with van der Waals surface area (Å²) in [6, 6.07) is 5.10. The average Bonchev–Trinajstić information content (AvgIpc) is 2.45. The van der Waals surface area contributed by atoms with Crippen molar-refractivity contribution in [2.75, 3.05) is 33.9 Å². The Kier molecular flexibility index (Phi) is 7.10. The number of nitrogens with zero attached hydrogens (tertiary/aromatic N) is 1. The monoisotopic (exact) mass is 294 g/mol. The van der Waals surface area contributed by atoms with Crippen LogP contribution in [-0.2, 0) is 4.74 Å². The lowest BCUT2D eigenvalue weighted by Crippen LogP contribution is -2.28. The molecule has 5 heteroatoms. The van der Waals surface area contributed by atoms with E-state index in [1.807, 2.05) is 0 Å². The lowest BCUT2D eigenvalue weighted by atomic mass is 10.1. The third kappa shape index (κ3) is 4.86. The number of nitrogens with two attached hydrogens (primary N) is 1. The first-order chi connectivity index (χ1) is 9.60. The van der Waals surface area contributed by atoms with Gasteiger partial charge >= 0.3 is 0 Å². The summed E-state index contributed by atoms with van der Waals surface area (Å²) < 4.78 is 4.97. The number of rotatable bonds is 5. The number of carbonyl (C=O) groups is 1. The van der Waals surface area contributed by atoms with Crippen molar-refractivity contribution in [3.63, 3.8) is 0 Å². The van der Waals surface area contributed by atoms with Crippen molar-refractivity contribution >= 4 is 17.5 Å². The van der Waals surface area contributed by atoms with Crippen LogP contribution >= 0.6 is 11.6 Å². The molecular formula is C15H19ClN2O2. The zero-order chi connectivity index (χ0) is 15.0. The third-order valence-corrected chi connectivity index (χ3v) is 3.04. The van der Waals surface area contributed by atoms with E-state index in [1.165, 1.54) is 0 Å². The zero-order valence-corrected chi connectivity index (χ0v) is 12.5. The van der Waals surface area contributed by atoms with Crippen LogP contribution in [0.3, 0.4) is 0 Å². The Morgan fingerprint density at radius 2 is 2.25 bits per heavy atom. The minimum atomic E-state index is -0.0682. The summed E-state index contributed by atoms with van der Waals surface area (Å²) in [5, 5.41) is 0.460. The quantitative estimate of drug-likeness (QED) is 0.665. The molecule has 2 N–H and O–H groups in total. The van der Waals surface area contributed by atoms with Gasteiger partial charge in [0.25, 0.3) is 5.91 Å². The van der Waals surface area contributed by atoms with Crippen LogP contribution in [0.1, 0.15) is 22.3 Å². The van der Waals surface area contributed by atoms with E-state index in [9.17, 15) is 4.79 Å². The first-order valence-electron chi connectivity index (χ1n) is 6.33. The van der Waals surface area contributed by atoms with Crippen molar-refractivity contribution in [2.24, 2.45) is 5.73 Å². The van der Waals surface area contributed by atoms with E-state index >= 15 is 0 Å². The van der Waals surface area contributed by atoms with Crippen LogP contribution in [0.5, 0.6) is 0 Å². The molecule has 0 heterocycles. The zero-order valence-electron chi connectivity index (χ0n) is 11.8. The van der Waals surface area contributed by atoms with Crippen molar-refractivity contribution in [1.82, 2.24) is 4.90 Å². The minimum absolute atomic E-state index is 0.0682. The van der Waals surface area contributed by atoms with Crippen LogP contribution in [0, 0.1) is 11.8 Å². The van der Waals surface area contributed by atoms with Crippen LogP contribution in [0.2, 0.25) is 5.02 Å². The summed E-state index contributed by atoms with van der Waals surface area (Å²) in [5.41, 5.74) is 6.54. The highest BCUT2D eigenvalue weighted by atomic mass is 35.5. The number of carbonyl (C=O) groups excluding carboxylic acids is 1. The molecule has 0 unspecified atom stereocenters. The molecule has 0 aliphatic heterocycles. The van der Waals surface area contributed by atoms with E-state index in [0.29, 0.717) is 29.3 Å². The van der Waals surface area contributed by atoms with Gasteiger partial charge in [0.05, 0.1) is 11.6 Å². The highest BCUT2D eigenvalue weighted by molar-refractivity contribution is 6.32. The Bertz CT molecular complexity index is 520. The molecule has 0 fully saturated rings. The number of methoxy groups -OCH3 is 1. The van der Waals surface area contributed by atoms with Gasteiger partial charge in [0.1, 0.15) is 0 Å². The summed E-state index contributed by atoms with van der Waals surface area (Å²) in [6.45, 7) is 1.55. The molecule has 0 saturated carbocycles. The maximum absolute atomic E-state index is 12.2.